The molecule has 0 bridgehead atoms. The molecule has 2 amide bonds. The summed E-state index contributed by atoms with van der Waals surface area (Å²) in [5, 5.41) is 0. The average molecular weight is 336 g/mol. The van der Waals surface area contributed by atoms with Crippen molar-refractivity contribution in [1.29, 1.82) is 0 Å². The molecule has 2 atom stereocenters. The number of likely N-dealkylation sites (tertiary alicyclic amines) is 1. The molecular formula is C18H28N2O4. The van der Waals surface area contributed by atoms with Crippen LogP contribution in [0.5, 0.6) is 0 Å². The van der Waals surface area contributed by atoms with Gasteiger partial charge in [0.1, 0.15) is 0 Å². The van der Waals surface area contributed by atoms with Crippen LogP contribution >= 0.6 is 0 Å². The summed E-state index contributed by atoms with van der Waals surface area (Å²) < 4.78 is 5.48. The lowest BCUT2D eigenvalue weighted by Gasteiger charge is -2.44. The van der Waals surface area contributed by atoms with Gasteiger partial charge in [0.05, 0.1) is 13.0 Å². The van der Waals surface area contributed by atoms with Crippen molar-refractivity contribution in [3.8, 4) is 0 Å². The fourth-order valence-corrected chi connectivity index (χ4v) is 4.30. The lowest BCUT2D eigenvalue weighted by Crippen LogP contribution is -2.49. The second-order valence-electron chi connectivity index (χ2n) is 7.23. The molecule has 0 spiro atoms. The number of imide groups is 1. The van der Waals surface area contributed by atoms with Crippen LogP contribution in [0.25, 0.3) is 0 Å². The Morgan fingerprint density at radius 3 is 2.54 bits per heavy atom. The molecule has 0 aliphatic carbocycles. The summed E-state index contributed by atoms with van der Waals surface area (Å²) in [6.45, 7) is 2.99. The van der Waals surface area contributed by atoms with Crippen molar-refractivity contribution in [2.75, 3.05) is 26.2 Å². The molecule has 6 heteroatoms. The molecule has 0 N–H and O–H groups in total. The molecule has 24 heavy (non-hydrogen) atoms. The predicted octanol–water partition coefficient (Wildman–Crippen LogP) is 1.72. The minimum atomic E-state index is -0.297. The van der Waals surface area contributed by atoms with Crippen LogP contribution in [0.4, 0.5) is 0 Å². The number of ether oxygens (including phenoxy) is 1. The summed E-state index contributed by atoms with van der Waals surface area (Å²) in [4.78, 5) is 39.2. The first kappa shape index (κ1) is 17.4. The standard InChI is InChI=1S/C18H28N2O4/c21-16-7-3-8-17(22)20(16)12-9-18(23)24-13-14-5-4-11-19-10-2-1-6-15(14)19/h14-15H,1-13H2. The smallest absolute Gasteiger partial charge is 0.307 e. The number of nitrogens with zero attached hydrogens (tertiary/aromatic N) is 2. The maximum atomic E-state index is 12.0. The van der Waals surface area contributed by atoms with Crippen molar-refractivity contribution in [3.63, 3.8) is 0 Å². The number of rotatable bonds is 5. The van der Waals surface area contributed by atoms with E-state index in [9.17, 15) is 14.4 Å². The summed E-state index contributed by atoms with van der Waals surface area (Å²) in [7, 11) is 0. The largest absolute Gasteiger partial charge is 0.465 e. The van der Waals surface area contributed by atoms with Gasteiger partial charge in [-0.15, -0.1) is 0 Å². The third-order valence-electron chi connectivity index (χ3n) is 5.61. The van der Waals surface area contributed by atoms with Crippen molar-refractivity contribution in [1.82, 2.24) is 9.80 Å². The average Bonchev–Trinajstić information content (AvgIpc) is 2.59. The molecule has 0 aromatic heterocycles. The maximum absolute atomic E-state index is 12.0. The lowest BCUT2D eigenvalue weighted by molar-refractivity contribution is -0.151. The molecule has 0 saturated carbocycles. The Hall–Kier alpha value is -1.43. The van der Waals surface area contributed by atoms with Crippen LogP contribution in [0.2, 0.25) is 0 Å². The van der Waals surface area contributed by atoms with Gasteiger partial charge in [-0.25, -0.2) is 0 Å². The van der Waals surface area contributed by atoms with Gasteiger partial charge in [-0.3, -0.25) is 24.2 Å². The molecule has 6 nitrogen and oxygen atoms in total. The zero-order valence-corrected chi connectivity index (χ0v) is 14.4. The maximum Gasteiger partial charge on any atom is 0.307 e. The fourth-order valence-electron chi connectivity index (χ4n) is 4.30. The van der Waals surface area contributed by atoms with Gasteiger partial charge in [0.15, 0.2) is 0 Å². The molecule has 0 radical (unpaired) electrons. The third kappa shape index (κ3) is 4.15. The van der Waals surface area contributed by atoms with E-state index in [2.05, 4.69) is 4.90 Å². The van der Waals surface area contributed by atoms with E-state index in [1.165, 1.54) is 43.7 Å². The molecule has 0 aromatic carbocycles. The monoisotopic (exact) mass is 336 g/mol. The minimum absolute atomic E-state index is 0.110. The van der Waals surface area contributed by atoms with E-state index in [0.29, 0.717) is 37.8 Å². The first-order valence-corrected chi connectivity index (χ1v) is 9.38. The Kier molecular flexibility index (Phi) is 5.87. The van der Waals surface area contributed by atoms with Gasteiger partial charge < -0.3 is 4.74 Å². The zero-order valence-electron chi connectivity index (χ0n) is 14.4. The van der Waals surface area contributed by atoms with Gasteiger partial charge in [0.2, 0.25) is 11.8 Å². The molecule has 0 aromatic rings. The molecule has 3 fully saturated rings. The van der Waals surface area contributed by atoms with E-state index in [1.54, 1.807) is 0 Å². The minimum Gasteiger partial charge on any atom is -0.465 e. The Bertz CT molecular complexity index is 475. The van der Waals surface area contributed by atoms with Crippen molar-refractivity contribution in [3.05, 3.63) is 0 Å². The number of piperidine rings is 3. The molecule has 134 valence electrons. The summed E-state index contributed by atoms with van der Waals surface area (Å²) in [6, 6.07) is 0.561. The Morgan fingerprint density at radius 2 is 1.75 bits per heavy atom. The molecule has 3 aliphatic rings. The van der Waals surface area contributed by atoms with E-state index in [-0.39, 0.29) is 30.7 Å². The van der Waals surface area contributed by atoms with Crippen molar-refractivity contribution < 1.29 is 19.1 Å². The number of amides is 2. The number of carbonyl (C=O) groups excluding carboxylic acids is 3. The number of hydrogen-bond acceptors (Lipinski definition) is 5. The topological polar surface area (TPSA) is 66.9 Å². The second kappa shape index (κ2) is 8.10. The van der Waals surface area contributed by atoms with Crippen molar-refractivity contribution >= 4 is 17.8 Å². The highest BCUT2D eigenvalue weighted by Gasteiger charge is 2.33. The Labute approximate surface area is 143 Å². The first-order valence-electron chi connectivity index (χ1n) is 9.38. The van der Waals surface area contributed by atoms with Crippen molar-refractivity contribution in [2.45, 2.75) is 63.8 Å². The lowest BCUT2D eigenvalue weighted by atomic mass is 9.84. The summed E-state index contributed by atoms with van der Waals surface area (Å²) in [5.41, 5.74) is 0. The van der Waals surface area contributed by atoms with Gasteiger partial charge >= 0.3 is 5.97 Å². The van der Waals surface area contributed by atoms with Crippen molar-refractivity contribution in [2.24, 2.45) is 5.92 Å². The van der Waals surface area contributed by atoms with Gasteiger partial charge in [-0.2, -0.15) is 0 Å². The normalized spacial score (nSPS) is 28.6. The van der Waals surface area contributed by atoms with Crippen LogP contribution in [0.3, 0.4) is 0 Å². The van der Waals surface area contributed by atoms with Crippen LogP contribution in [0.1, 0.15) is 57.8 Å². The van der Waals surface area contributed by atoms with Gasteiger partial charge in [-0.1, -0.05) is 6.42 Å². The van der Waals surface area contributed by atoms with Crippen LogP contribution in [0, 0.1) is 5.92 Å². The van der Waals surface area contributed by atoms with E-state index in [0.717, 1.165) is 6.42 Å². The Balaban J connectivity index is 1.42. The van der Waals surface area contributed by atoms with Crippen LogP contribution < -0.4 is 0 Å². The predicted molar refractivity (Wildman–Crippen MR) is 88.1 cm³/mol. The molecule has 3 saturated heterocycles. The highest BCUT2D eigenvalue weighted by Crippen LogP contribution is 2.31. The first-order chi connectivity index (χ1) is 11.6. The molecule has 3 rings (SSSR count). The molecule has 3 heterocycles. The zero-order chi connectivity index (χ0) is 16.9. The highest BCUT2D eigenvalue weighted by molar-refractivity contribution is 5.97. The number of hydrogen-bond donors (Lipinski definition) is 0. The Morgan fingerprint density at radius 1 is 1.00 bits per heavy atom. The van der Waals surface area contributed by atoms with Crippen LogP contribution in [0.15, 0.2) is 0 Å². The van der Waals surface area contributed by atoms with Crippen LogP contribution in [-0.2, 0) is 19.1 Å². The number of esters is 1. The molecule has 2 unspecified atom stereocenters. The van der Waals surface area contributed by atoms with E-state index in [1.807, 2.05) is 0 Å². The highest BCUT2D eigenvalue weighted by atomic mass is 16.5. The quantitative estimate of drug-likeness (QED) is 0.565. The molecular weight excluding hydrogens is 308 g/mol. The summed E-state index contributed by atoms with van der Waals surface area (Å²) in [5.74, 6) is -0.191. The number of fused-ring (bicyclic) bond motifs is 1. The van der Waals surface area contributed by atoms with Gasteiger partial charge in [0, 0.05) is 31.3 Å². The van der Waals surface area contributed by atoms with E-state index in [4.69, 9.17) is 4.74 Å². The van der Waals surface area contributed by atoms with E-state index < -0.39 is 0 Å². The third-order valence-corrected chi connectivity index (χ3v) is 5.61. The van der Waals surface area contributed by atoms with Crippen LogP contribution in [-0.4, -0.2) is 59.9 Å². The number of carbonyl (C=O) groups is 3. The van der Waals surface area contributed by atoms with E-state index >= 15 is 0 Å². The summed E-state index contributed by atoms with van der Waals surface area (Å²) in [6.07, 6.45) is 7.59. The summed E-state index contributed by atoms with van der Waals surface area (Å²) >= 11 is 0. The fraction of sp³-hybridized carbons (Fsp3) is 0.833. The second-order valence-corrected chi connectivity index (χ2v) is 7.23. The molecule has 3 aliphatic heterocycles. The van der Waals surface area contributed by atoms with Gasteiger partial charge in [-0.05, 0) is 45.2 Å². The van der Waals surface area contributed by atoms with Gasteiger partial charge in [0.25, 0.3) is 0 Å². The SMILES string of the molecule is O=C(CCN1C(=O)CCCC1=O)OCC1CCCN2CCCCC12.